The molecule has 2 aromatic rings. The number of urea groups is 1. The van der Waals surface area contributed by atoms with E-state index in [1.807, 2.05) is 0 Å². The van der Waals surface area contributed by atoms with Crippen molar-refractivity contribution in [2.45, 2.75) is 6.61 Å². The average molecular weight is 279 g/mol. The lowest BCUT2D eigenvalue weighted by atomic mass is 10.4. The van der Waals surface area contributed by atoms with Gasteiger partial charge in [-0.2, -0.15) is 9.99 Å². The molecule has 1 fully saturated rings. The van der Waals surface area contributed by atoms with Crippen LogP contribution in [0.4, 0.5) is 10.6 Å². The number of hydrazine groups is 3. The molecule has 2 amide bonds. The van der Waals surface area contributed by atoms with Crippen LogP contribution in [0, 0.1) is 0 Å². The fourth-order valence-corrected chi connectivity index (χ4v) is 1.67. The van der Waals surface area contributed by atoms with Crippen molar-refractivity contribution in [3.05, 3.63) is 24.4 Å². The number of anilines is 1. The van der Waals surface area contributed by atoms with E-state index in [4.69, 9.17) is 9.15 Å². The van der Waals surface area contributed by atoms with Crippen molar-refractivity contribution in [1.29, 1.82) is 0 Å². The van der Waals surface area contributed by atoms with Gasteiger partial charge >= 0.3 is 6.03 Å². The van der Waals surface area contributed by atoms with Crippen LogP contribution in [-0.2, 0) is 13.7 Å². The van der Waals surface area contributed by atoms with Crippen molar-refractivity contribution in [2.75, 3.05) is 12.1 Å². The van der Waals surface area contributed by atoms with Gasteiger partial charge < -0.3 is 9.15 Å². The highest BCUT2D eigenvalue weighted by Gasteiger charge is 2.31. The fraction of sp³-hybridized carbons (Fsp3) is 0.300. The summed E-state index contributed by atoms with van der Waals surface area (Å²) in [5, 5.41) is 6.58. The zero-order valence-corrected chi connectivity index (χ0v) is 10.9. The normalized spacial score (nSPS) is 15.2. The second-order valence-electron chi connectivity index (χ2n) is 4.12. The third kappa shape index (κ3) is 2.17. The van der Waals surface area contributed by atoms with Crippen LogP contribution in [0.1, 0.15) is 5.76 Å². The number of carbonyl (C=O) groups is 1. The molecular formula is C10H13N7O3. The van der Waals surface area contributed by atoms with E-state index in [1.54, 1.807) is 31.0 Å². The molecule has 3 heterocycles. The molecule has 106 valence electrons. The lowest BCUT2D eigenvalue weighted by Crippen LogP contribution is -2.38. The minimum atomic E-state index is -0.307. The van der Waals surface area contributed by atoms with Gasteiger partial charge in [0, 0.05) is 26.4 Å². The molecule has 1 saturated heterocycles. The standard InChI is InChI=1S/C10H13N7O3/c1-15-4-3-8(12-15)19-5-7-9(11-6-20-7)17-10(18)16(2)13-14-17/h3-4,6,13-14H,5H2,1-2H3. The van der Waals surface area contributed by atoms with Crippen LogP contribution in [0.3, 0.4) is 0 Å². The highest BCUT2D eigenvalue weighted by atomic mass is 16.5. The van der Waals surface area contributed by atoms with E-state index in [-0.39, 0.29) is 12.6 Å². The van der Waals surface area contributed by atoms with E-state index in [0.29, 0.717) is 17.5 Å². The van der Waals surface area contributed by atoms with Crippen molar-refractivity contribution in [3.63, 3.8) is 0 Å². The van der Waals surface area contributed by atoms with Crippen molar-refractivity contribution in [3.8, 4) is 5.88 Å². The maximum Gasteiger partial charge on any atom is 0.356 e. The van der Waals surface area contributed by atoms with E-state index in [1.165, 1.54) is 16.4 Å². The number of aromatic nitrogens is 3. The summed E-state index contributed by atoms with van der Waals surface area (Å²) in [5.74, 6) is 1.21. The Hall–Kier alpha value is -2.59. The van der Waals surface area contributed by atoms with Gasteiger partial charge in [0.2, 0.25) is 5.88 Å². The summed E-state index contributed by atoms with van der Waals surface area (Å²) >= 11 is 0. The molecule has 0 atom stereocenters. The summed E-state index contributed by atoms with van der Waals surface area (Å²) in [4.78, 5) is 15.8. The maximum atomic E-state index is 11.8. The predicted molar refractivity (Wildman–Crippen MR) is 66.0 cm³/mol. The largest absolute Gasteiger partial charge is 0.468 e. The molecule has 10 heteroatoms. The van der Waals surface area contributed by atoms with Crippen LogP contribution in [0.25, 0.3) is 0 Å². The van der Waals surface area contributed by atoms with E-state index < -0.39 is 0 Å². The molecule has 0 radical (unpaired) electrons. The highest BCUT2D eigenvalue weighted by molar-refractivity contribution is 5.91. The van der Waals surface area contributed by atoms with Gasteiger partial charge in [0.05, 0.1) is 0 Å². The van der Waals surface area contributed by atoms with Gasteiger partial charge in [-0.1, -0.05) is 0 Å². The molecule has 10 nitrogen and oxygen atoms in total. The van der Waals surface area contributed by atoms with Crippen molar-refractivity contribution in [2.24, 2.45) is 7.05 Å². The van der Waals surface area contributed by atoms with Crippen LogP contribution in [0.15, 0.2) is 23.1 Å². The number of aryl methyl sites for hydroxylation is 1. The predicted octanol–water partition coefficient (Wildman–Crippen LogP) is -0.217. The average Bonchev–Trinajstić information content (AvgIpc) is 3.11. The van der Waals surface area contributed by atoms with Gasteiger partial charge in [0.25, 0.3) is 0 Å². The van der Waals surface area contributed by atoms with E-state index in [0.717, 1.165) is 0 Å². The minimum Gasteiger partial charge on any atom is -0.468 e. The van der Waals surface area contributed by atoms with Crippen LogP contribution < -0.4 is 20.8 Å². The molecule has 2 aromatic heterocycles. The molecule has 2 N–H and O–H groups in total. The van der Waals surface area contributed by atoms with Gasteiger partial charge in [0.15, 0.2) is 24.6 Å². The number of hydrogen-bond donors (Lipinski definition) is 2. The first-order valence-corrected chi connectivity index (χ1v) is 5.79. The molecular weight excluding hydrogens is 266 g/mol. The van der Waals surface area contributed by atoms with E-state index >= 15 is 0 Å². The number of nitrogens with zero attached hydrogens (tertiary/aromatic N) is 5. The number of rotatable bonds is 4. The van der Waals surface area contributed by atoms with Crippen LogP contribution in [0.5, 0.6) is 5.88 Å². The van der Waals surface area contributed by atoms with Gasteiger partial charge in [-0.25, -0.2) is 9.80 Å². The zero-order valence-electron chi connectivity index (χ0n) is 10.9. The Morgan fingerprint density at radius 2 is 2.25 bits per heavy atom. The summed E-state index contributed by atoms with van der Waals surface area (Å²) in [7, 11) is 3.38. The second kappa shape index (κ2) is 4.83. The Balaban J connectivity index is 1.72. The fourth-order valence-electron chi connectivity index (χ4n) is 1.67. The molecule has 0 aliphatic carbocycles. The summed E-state index contributed by atoms with van der Waals surface area (Å²) < 4.78 is 12.3. The van der Waals surface area contributed by atoms with Gasteiger partial charge in [-0.05, 0) is 0 Å². The number of amides is 2. The molecule has 3 rings (SSSR count). The van der Waals surface area contributed by atoms with Gasteiger partial charge in [0.1, 0.15) is 0 Å². The molecule has 20 heavy (non-hydrogen) atoms. The first-order chi connectivity index (χ1) is 9.65. The highest BCUT2D eigenvalue weighted by Crippen LogP contribution is 2.20. The third-order valence-electron chi connectivity index (χ3n) is 2.68. The van der Waals surface area contributed by atoms with Gasteiger partial charge in [-0.3, -0.25) is 4.68 Å². The molecule has 0 aromatic carbocycles. The number of nitrogens with one attached hydrogen (secondary N) is 2. The van der Waals surface area contributed by atoms with E-state index in [2.05, 4.69) is 21.2 Å². The maximum absolute atomic E-state index is 11.8. The zero-order chi connectivity index (χ0) is 14.1. The smallest absolute Gasteiger partial charge is 0.356 e. The first kappa shape index (κ1) is 12.4. The van der Waals surface area contributed by atoms with Crippen molar-refractivity contribution < 1.29 is 13.9 Å². The Kier molecular flexibility index (Phi) is 3.00. The third-order valence-corrected chi connectivity index (χ3v) is 2.68. The van der Waals surface area contributed by atoms with Gasteiger partial charge in [-0.15, -0.1) is 16.2 Å². The SMILES string of the molecule is CN1NNN(c2ncoc2COc2ccn(C)n2)C1=O. The second-order valence-corrected chi connectivity index (χ2v) is 4.12. The van der Waals surface area contributed by atoms with Crippen molar-refractivity contribution in [1.82, 2.24) is 30.8 Å². The van der Waals surface area contributed by atoms with Crippen LogP contribution in [-0.4, -0.2) is 32.9 Å². The minimum absolute atomic E-state index is 0.113. The molecule has 0 unspecified atom stereocenters. The Bertz CT molecular complexity index is 622. The number of oxazole rings is 1. The van der Waals surface area contributed by atoms with Crippen molar-refractivity contribution >= 4 is 11.8 Å². The Labute approximate surface area is 113 Å². The van der Waals surface area contributed by atoms with Crippen LogP contribution in [0.2, 0.25) is 0 Å². The summed E-state index contributed by atoms with van der Waals surface area (Å²) in [6.45, 7) is 0.113. The summed E-state index contributed by atoms with van der Waals surface area (Å²) in [6, 6.07) is 1.42. The number of carbonyl (C=O) groups excluding carboxylic acids is 1. The topological polar surface area (TPSA) is 101 Å². The molecule has 1 aliphatic heterocycles. The Morgan fingerprint density at radius 3 is 2.90 bits per heavy atom. The molecule has 0 bridgehead atoms. The monoisotopic (exact) mass is 279 g/mol. The number of ether oxygens (including phenoxy) is 1. The Morgan fingerprint density at radius 1 is 1.40 bits per heavy atom. The summed E-state index contributed by atoms with van der Waals surface area (Å²) in [6.07, 6.45) is 3.01. The van der Waals surface area contributed by atoms with Crippen LogP contribution >= 0.6 is 0 Å². The lowest BCUT2D eigenvalue weighted by Gasteiger charge is -2.11. The quantitative estimate of drug-likeness (QED) is 0.798. The summed E-state index contributed by atoms with van der Waals surface area (Å²) in [5.41, 5.74) is 5.30. The lowest BCUT2D eigenvalue weighted by molar-refractivity contribution is 0.214. The molecule has 0 saturated carbocycles. The molecule has 1 aliphatic rings. The number of hydrogen-bond acceptors (Lipinski definition) is 7. The first-order valence-electron chi connectivity index (χ1n) is 5.79. The van der Waals surface area contributed by atoms with E-state index in [9.17, 15) is 4.79 Å². The molecule has 0 spiro atoms.